The van der Waals surface area contributed by atoms with E-state index in [1.807, 2.05) is 0 Å². The average molecular weight is 246 g/mol. The Morgan fingerprint density at radius 1 is 1.19 bits per heavy atom. The molecule has 0 radical (unpaired) electrons. The van der Waals surface area contributed by atoms with Crippen LogP contribution in [0.1, 0.15) is 52.4 Å². The van der Waals surface area contributed by atoms with Crippen LogP contribution in [0.25, 0.3) is 0 Å². The van der Waals surface area contributed by atoms with Gasteiger partial charge in [-0.15, -0.1) is 0 Å². The summed E-state index contributed by atoms with van der Waals surface area (Å²) < 4.78 is 15.7. The molecule has 3 nitrogen and oxygen atoms in total. The molecule has 0 aromatic heterocycles. The smallest absolute Gasteiger partial charge is 0.312 e. The fourth-order valence-electron chi connectivity index (χ4n) is 1.92. The molecule has 0 heterocycles. The molecule has 0 aromatic rings. The van der Waals surface area contributed by atoms with E-state index in [1.54, 1.807) is 0 Å². The Morgan fingerprint density at radius 2 is 1.69 bits per heavy atom. The van der Waals surface area contributed by atoms with Crippen molar-refractivity contribution in [1.82, 2.24) is 0 Å². The zero-order valence-corrected chi connectivity index (χ0v) is 11.5. The van der Waals surface area contributed by atoms with Crippen LogP contribution in [0, 0.1) is 5.41 Å². The first-order valence-electron chi connectivity index (χ1n) is 6.04. The Morgan fingerprint density at radius 3 is 2.00 bits per heavy atom. The normalized spacial score (nSPS) is 11.7. The van der Waals surface area contributed by atoms with Crippen LogP contribution >= 0.6 is 8.46 Å². The van der Waals surface area contributed by atoms with Crippen LogP contribution in [0.15, 0.2) is 0 Å². The van der Waals surface area contributed by atoms with Gasteiger partial charge in [0, 0.05) is 6.16 Å². The fraction of sp³-hybridized carbons (Fsp3) is 0.917. The lowest BCUT2D eigenvalue weighted by Gasteiger charge is -2.28. The van der Waals surface area contributed by atoms with Gasteiger partial charge in [-0.2, -0.15) is 0 Å². The van der Waals surface area contributed by atoms with Crippen LogP contribution in [0.2, 0.25) is 0 Å². The number of esters is 1. The predicted octanol–water partition coefficient (Wildman–Crippen LogP) is 3.82. The molecule has 0 saturated heterocycles. The number of rotatable bonds is 9. The largest absolute Gasteiger partial charge is 0.469 e. The number of hydrogen-bond acceptors (Lipinski definition) is 3. The Bertz CT molecular complexity index is 208. The summed E-state index contributed by atoms with van der Waals surface area (Å²) in [6, 6.07) is 0. The summed E-state index contributed by atoms with van der Waals surface area (Å²) in [5.74, 6) is -0.197. The summed E-state index contributed by atoms with van der Waals surface area (Å²) in [7, 11) is 1.45. The highest BCUT2D eigenvalue weighted by atomic mass is 31.1. The van der Waals surface area contributed by atoms with Crippen LogP contribution in [0.5, 0.6) is 0 Å². The molecule has 16 heavy (non-hydrogen) atoms. The lowest BCUT2D eigenvalue weighted by atomic mass is 9.80. The van der Waals surface area contributed by atoms with Crippen molar-refractivity contribution in [2.45, 2.75) is 52.4 Å². The molecule has 0 fully saturated rings. The molecule has 0 spiro atoms. The minimum absolute atomic E-state index is 0.0395. The maximum Gasteiger partial charge on any atom is 0.312 e. The first-order chi connectivity index (χ1) is 7.66. The third-order valence-electron chi connectivity index (χ3n) is 3.00. The Labute approximate surface area is 100 Å². The number of carbonyl (C=O) groups is 1. The molecule has 94 valence electrons. The van der Waals surface area contributed by atoms with E-state index in [0.29, 0.717) is 6.16 Å². The zero-order chi connectivity index (χ0) is 12.4. The number of methoxy groups -OCH3 is 1. The topological polar surface area (TPSA) is 43.4 Å². The molecule has 0 aliphatic heterocycles. The van der Waals surface area contributed by atoms with Crippen LogP contribution in [0.4, 0.5) is 0 Å². The molecule has 0 saturated carbocycles. The maximum absolute atomic E-state index is 11.9. The second kappa shape index (κ2) is 8.69. The maximum atomic E-state index is 11.9. The van der Waals surface area contributed by atoms with Gasteiger partial charge in [0.25, 0.3) is 0 Å². The molecule has 0 amide bonds. The lowest BCUT2D eigenvalue weighted by molar-refractivity contribution is -0.152. The Hall–Kier alpha value is -0.430. The van der Waals surface area contributed by atoms with Crippen molar-refractivity contribution >= 4 is 14.4 Å². The van der Waals surface area contributed by atoms with Gasteiger partial charge in [0.1, 0.15) is 0 Å². The fourth-order valence-corrected chi connectivity index (χ4v) is 2.61. The first-order valence-corrected chi connectivity index (χ1v) is 7.04. The van der Waals surface area contributed by atoms with E-state index < -0.39 is 5.41 Å². The van der Waals surface area contributed by atoms with Gasteiger partial charge in [0.15, 0.2) is 8.46 Å². The summed E-state index contributed by atoms with van der Waals surface area (Å²) in [5, 5.41) is 0. The first kappa shape index (κ1) is 15.6. The van der Waals surface area contributed by atoms with Gasteiger partial charge in [-0.1, -0.05) is 39.5 Å². The molecule has 0 rings (SSSR count). The lowest BCUT2D eigenvalue weighted by Crippen LogP contribution is -2.34. The van der Waals surface area contributed by atoms with Crippen molar-refractivity contribution in [2.24, 2.45) is 5.41 Å². The van der Waals surface area contributed by atoms with E-state index in [-0.39, 0.29) is 14.4 Å². The number of unbranched alkanes of at least 4 members (excludes halogenated alkanes) is 2. The summed E-state index contributed by atoms with van der Waals surface area (Å²) in [4.78, 5) is 11.9. The molecule has 0 aliphatic carbocycles. The van der Waals surface area contributed by atoms with E-state index in [1.165, 1.54) is 7.11 Å². The zero-order valence-electron chi connectivity index (χ0n) is 10.6. The molecule has 0 aromatic carbocycles. The highest BCUT2D eigenvalue weighted by Gasteiger charge is 2.38. The molecular formula is C12H23O3P. The van der Waals surface area contributed by atoms with Gasteiger partial charge < -0.3 is 4.74 Å². The van der Waals surface area contributed by atoms with Gasteiger partial charge in [-0.05, 0) is 12.8 Å². The van der Waals surface area contributed by atoms with Gasteiger partial charge in [-0.3, -0.25) is 9.36 Å². The van der Waals surface area contributed by atoms with E-state index >= 15 is 0 Å². The Kier molecular flexibility index (Phi) is 8.46. The second-order valence-electron chi connectivity index (χ2n) is 4.27. The third kappa shape index (κ3) is 4.61. The molecule has 0 atom stereocenters. The van der Waals surface area contributed by atoms with Crippen molar-refractivity contribution in [2.75, 3.05) is 13.3 Å². The van der Waals surface area contributed by atoms with Crippen molar-refractivity contribution in [3.8, 4) is 0 Å². The summed E-state index contributed by atoms with van der Waals surface area (Å²) >= 11 is 0. The van der Waals surface area contributed by atoms with E-state index in [4.69, 9.17) is 4.74 Å². The molecule has 4 heteroatoms. The van der Waals surface area contributed by atoms with Crippen molar-refractivity contribution in [1.29, 1.82) is 0 Å². The molecular weight excluding hydrogens is 223 g/mol. The van der Waals surface area contributed by atoms with E-state index in [0.717, 1.165) is 38.5 Å². The van der Waals surface area contributed by atoms with Gasteiger partial charge in [-0.25, -0.2) is 0 Å². The summed E-state index contributed by atoms with van der Waals surface area (Å²) in [6.07, 6.45) is 6.00. The summed E-state index contributed by atoms with van der Waals surface area (Å²) in [6.45, 7) is 4.19. The van der Waals surface area contributed by atoms with Crippen molar-refractivity contribution < 1.29 is 14.1 Å². The van der Waals surface area contributed by atoms with Crippen LogP contribution in [-0.2, 0) is 14.1 Å². The number of carbonyl (C=O) groups excluding carboxylic acids is 1. The minimum atomic E-state index is -0.524. The van der Waals surface area contributed by atoms with Crippen molar-refractivity contribution in [3.05, 3.63) is 0 Å². The van der Waals surface area contributed by atoms with E-state index in [2.05, 4.69) is 13.8 Å². The number of hydrogen-bond donors (Lipinski definition) is 0. The standard InChI is InChI=1S/C12H23O3P/c1-4-6-8-12(10-16-14,9-7-5-2)11(13)15-3/h4-10H2,1-3H3. The highest BCUT2D eigenvalue weighted by Crippen LogP contribution is 2.35. The van der Waals surface area contributed by atoms with Gasteiger partial charge >= 0.3 is 5.97 Å². The molecule has 0 N–H and O–H groups in total. The number of ether oxygens (including phenoxy) is 1. The van der Waals surface area contributed by atoms with Crippen LogP contribution < -0.4 is 0 Å². The Balaban J connectivity index is 4.71. The molecule has 0 aliphatic rings. The van der Waals surface area contributed by atoms with Crippen LogP contribution in [0.3, 0.4) is 0 Å². The highest BCUT2D eigenvalue weighted by molar-refractivity contribution is 7.23. The van der Waals surface area contributed by atoms with Gasteiger partial charge in [0.05, 0.1) is 12.5 Å². The second-order valence-corrected chi connectivity index (χ2v) is 4.84. The predicted molar refractivity (Wildman–Crippen MR) is 66.0 cm³/mol. The van der Waals surface area contributed by atoms with Crippen LogP contribution in [-0.4, -0.2) is 19.2 Å². The quantitative estimate of drug-likeness (QED) is 0.459. The monoisotopic (exact) mass is 246 g/mol. The summed E-state index contributed by atoms with van der Waals surface area (Å²) in [5.41, 5.74) is -0.524. The molecule has 0 bridgehead atoms. The SMILES string of the molecule is CCCCC(CCCC)(CP=O)C(=O)OC. The molecule has 0 unspecified atom stereocenters. The van der Waals surface area contributed by atoms with Crippen molar-refractivity contribution in [3.63, 3.8) is 0 Å². The van der Waals surface area contributed by atoms with E-state index in [9.17, 15) is 9.36 Å². The minimum Gasteiger partial charge on any atom is -0.469 e. The van der Waals surface area contributed by atoms with Gasteiger partial charge in [0.2, 0.25) is 0 Å². The third-order valence-corrected chi connectivity index (χ3v) is 3.74. The average Bonchev–Trinajstić information content (AvgIpc) is 2.32.